The molecule has 0 aliphatic rings. The first-order valence-electron chi connectivity index (χ1n) is 11.3. The molecular weight excluding hydrogens is 388 g/mol. The van der Waals surface area contributed by atoms with E-state index in [0.29, 0.717) is 13.1 Å². The Labute approximate surface area is 186 Å². The zero-order valence-electron chi connectivity index (χ0n) is 18.7. The highest BCUT2D eigenvalue weighted by Crippen LogP contribution is 2.33. The van der Waals surface area contributed by atoms with Crippen LogP contribution in [-0.4, -0.2) is 25.2 Å². The maximum Gasteiger partial charge on any atom is 0.319 e. The standard InChI is InChI=1S/C25H36N4O2/c1-3-5-17-25(4-2,20-27-24(31)29-22-15-10-7-11-16-22)18-12-19-26-23(30)28-21-13-8-6-9-14-21/h6-11,13-16H,3-5,12,17-20H2,1-2H3,(H2,26,28,30)(H2,27,29,31)/t25-/m0/s1. The number of hydrogen-bond acceptors (Lipinski definition) is 2. The third kappa shape index (κ3) is 9.11. The number of anilines is 2. The fourth-order valence-electron chi connectivity index (χ4n) is 3.66. The Bertz CT molecular complexity index is 783. The summed E-state index contributed by atoms with van der Waals surface area (Å²) in [6, 6.07) is 18.5. The zero-order chi connectivity index (χ0) is 22.4. The molecule has 2 rings (SSSR count). The van der Waals surface area contributed by atoms with E-state index in [1.54, 1.807) is 0 Å². The summed E-state index contributed by atoms with van der Waals surface area (Å²) >= 11 is 0. The van der Waals surface area contributed by atoms with Crippen molar-refractivity contribution in [3.8, 4) is 0 Å². The lowest BCUT2D eigenvalue weighted by atomic mass is 9.76. The van der Waals surface area contributed by atoms with E-state index >= 15 is 0 Å². The summed E-state index contributed by atoms with van der Waals surface area (Å²) in [5.74, 6) is 0. The highest BCUT2D eigenvalue weighted by Gasteiger charge is 2.27. The maximum absolute atomic E-state index is 12.4. The molecule has 0 bridgehead atoms. The van der Waals surface area contributed by atoms with Gasteiger partial charge in [0.1, 0.15) is 0 Å². The summed E-state index contributed by atoms with van der Waals surface area (Å²) in [6.45, 7) is 5.59. The van der Waals surface area contributed by atoms with Gasteiger partial charge in [-0.25, -0.2) is 9.59 Å². The fraction of sp³-hybridized carbons (Fsp3) is 0.440. The number of nitrogens with one attached hydrogen (secondary N) is 4. The van der Waals surface area contributed by atoms with Crippen LogP contribution in [-0.2, 0) is 0 Å². The molecule has 168 valence electrons. The molecular formula is C25H36N4O2. The van der Waals surface area contributed by atoms with Gasteiger partial charge in [-0.3, -0.25) is 0 Å². The van der Waals surface area contributed by atoms with Crippen LogP contribution in [0, 0.1) is 5.41 Å². The van der Waals surface area contributed by atoms with Gasteiger partial charge in [-0.1, -0.05) is 63.1 Å². The van der Waals surface area contributed by atoms with Crippen LogP contribution >= 0.6 is 0 Å². The van der Waals surface area contributed by atoms with Gasteiger partial charge in [-0.15, -0.1) is 0 Å². The molecule has 6 heteroatoms. The molecule has 31 heavy (non-hydrogen) atoms. The number of unbranched alkanes of at least 4 members (excludes halogenated alkanes) is 1. The van der Waals surface area contributed by atoms with Gasteiger partial charge in [0, 0.05) is 24.5 Å². The first kappa shape index (κ1) is 24.3. The topological polar surface area (TPSA) is 82.3 Å². The number of urea groups is 2. The smallest absolute Gasteiger partial charge is 0.319 e. The van der Waals surface area contributed by atoms with Gasteiger partial charge in [0.15, 0.2) is 0 Å². The first-order chi connectivity index (χ1) is 15.1. The lowest BCUT2D eigenvalue weighted by molar-refractivity contribution is 0.202. The van der Waals surface area contributed by atoms with Crippen LogP contribution in [0.3, 0.4) is 0 Å². The van der Waals surface area contributed by atoms with Crippen LogP contribution in [0.15, 0.2) is 60.7 Å². The average Bonchev–Trinajstić information content (AvgIpc) is 2.79. The molecule has 2 aromatic rings. The minimum absolute atomic E-state index is 0.0294. The van der Waals surface area contributed by atoms with Crippen molar-refractivity contribution in [1.82, 2.24) is 10.6 Å². The molecule has 0 aliphatic carbocycles. The van der Waals surface area contributed by atoms with E-state index < -0.39 is 0 Å². The van der Waals surface area contributed by atoms with Crippen molar-refractivity contribution in [3.63, 3.8) is 0 Å². The summed E-state index contributed by atoms with van der Waals surface area (Å²) in [5.41, 5.74) is 1.59. The average molecular weight is 425 g/mol. The van der Waals surface area contributed by atoms with Gasteiger partial charge >= 0.3 is 12.1 Å². The number of carbonyl (C=O) groups is 2. The van der Waals surface area contributed by atoms with Gasteiger partial charge in [0.2, 0.25) is 0 Å². The van der Waals surface area contributed by atoms with Crippen molar-refractivity contribution < 1.29 is 9.59 Å². The lowest BCUT2D eigenvalue weighted by Crippen LogP contribution is -2.40. The van der Waals surface area contributed by atoms with Gasteiger partial charge < -0.3 is 21.3 Å². The molecule has 0 saturated carbocycles. The van der Waals surface area contributed by atoms with Crippen molar-refractivity contribution in [2.75, 3.05) is 23.7 Å². The van der Waals surface area contributed by atoms with E-state index in [1.165, 1.54) is 0 Å². The Balaban J connectivity index is 1.80. The number of rotatable bonds is 12. The molecule has 2 aromatic carbocycles. The molecule has 0 aromatic heterocycles. The maximum atomic E-state index is 12.4. The lowest BCUT2D eigenvalue weighted by Gasteiger charge is -2.33. The SMILES string of the molecule is CCCC[C@@](CC)(CCCNC(=O)Nc1ccccc1)CNC(=O)Nc1ccccc1. The summed E-state index contributed by atoms with van der Waals surface area (Å²) in [7, 11) is 0. The van der Waals surface area contributed by atoms with Crippen molar-refractivity contribution in [1.29, 1.82) is 0 Å². The van der Waals surface area contributed by atoms with E-state index in [4.69, 9.17) is 0 Å². The molecule has 0 unspecified atom stereocenters. The number of hydrogen-bond donors (Lipinski definition) is 4. The Morgan fingerprint density at radius 1 is 0.742 bits per heavy atom. The van der Waals surface area contributed by atoms with Gasteiger partial charge in [-0.05, 0) is 55.4 Å². The van der Waals surface area contributed by atoms with Crippen LogP contribution < -0.4 is 21.3 Å². The highest BCUT2D eigenvalue weighted by atomic mass is 16.2. The number of para-hydroxylation sites is 2. The van der Waals surface area contributed by atoms with Crippen LogP contribution in [0.25, 0.3) is 0 Å². The summed E-state index contributed by atoms with van der Waals surface area (Å²) < 4.78 is 0. The van der Waals surface area contributed by atoms with Crippen LogP contribution in [0.2, 0.25) is 0 Å². The van der Waals surface area contributed by atoms with Crippen molar-refractivity contribution in [2.45, 2.75) is 52.4 Å². The second-order valence-corrected chi connectivity index (χ2v) is 7.98. The molecule has 0 saturated heterocycles. The largest absolute Gasteiger partial charge is 0.338 e. The van der Waals surface area contributed by atoms with Gasteiger partial charge in [-0.2, -0.15) is 0 Å². The predicted molar refractivity (Wildman–Crippen MR) is 128 cm³/mol. The summed E-state index contributed by atoms with van der Waals surface area (Å²) in [5, 5.41) is 11.7. The number of carbonyl (C=O) groups excluding carboxylic acids is 2. The highest BCUT2D eigenvalue weighted by molar-refractivity contribution is 5.89. The molecule has 4 amide bonds. The quantitative estimate of drug-likeness (QED) is 0.315. The monoisotopic (exact) mass is 424 g/mol. The normalized spacial score (nSPS) is 12.5. The second kappa shape index (κ2) is 13.3. The summed E-state index contributed by atoms with van der Waals surface area (Å²) in [4.78, 5) is 24.4. The van der Waals surface area contributed by atoms with E-state index in [2.05, 4.69) is 35.1 Å². The third-order valence-electron chi connectivity index (χ3n) is 5.67. The van der Waals surface area contributed by atoms with Crippen molar-refractivity contribution in [2.24, 2.45) is 5.41 Å². The first-order valence-corrected chi connectivity index (χ1v) is 11.3. The third-order valence-corrected chi connectivity index (χ3v) is 5.67. The Kier molecular flexibility index (Phi) is 10.4. The van der Waals surface area contributed by atoms with Gasteiger partial charge in [0.05, 0.1) is 0 Å². The van der Waals surface area contributed by atoms with E-state index in [-0.39, 0.29) is 17.5 Å². The van der Waals surface area contributed by atoms with Gasteiger partial charge in [0.25, 0.3) is 0 Å². The minimum atomic E-state index is -0.192. The summed E-state index contributed by atoms with van der Waals surface area (Å²) in [6.07, 6.45) is 6.09. The van der Waals surface area contributed by atoms with Crippen molar-refractivity contribution in [3.05, 3.63) is 60.7 Å². The van der Waals surface area contributed by atoms with Crippen LogP contribution in [0.1, 0.15) is 52.4 Å². The Morgan fingerprint density at radius 3 is 1.77 bits per heavy atom. The number of benzene rings is 2. The molecule has 0 heterocycles. The number of amides is 4. The van der Waals surface area contributed by atoms with E-state index in [9.17, 15) is 9.59 Å². The molecule has 4 N–H and O–H groups in total. The van der Waals surface area contributed by atoms with E-state index in [0.717, 1.165) is 49.9 Å². The van der Waals surface area contributed by atoms with Crippen LogP contribution in [0.4, 0.5) is 21.0 Å². The second-order valence-electron chi connectivity index (χ2n) is 7.98. The predicted octanol–water partition coefficient (Wildman–Crippen LogP) is 6.00. The van der Waals surface area contributed by atoms with Crippen LogP contribution in [0.5, 0.6) is 0 Å². The molecule has 0 aliphatic heterocycles. The minimum Gasteiger partial charge on any atom is -0.338 e. The Morgan fingerprint density at radius 2 is 1.26 bits per heavy atom. The molecule has 1 atom stereocenters. The molecule has 0 spiro atoms. The molecule has 0 radical (unpaired) electrons. The molecule has 6 nitrogen and oxygen atoms in total. The fourth-order valence-corrected chi connectivity index (χ4v) is 3.66. The zero-order valence-corrected chi connectivity index (χ0v) is 18.7. The van der Waals surface area contributed by atoms with E-state index in [1.807, 2.05) is 60.7 Å². The Hall–Kier alpha value is -3.02. The molecule has 0 fully saturated rings. The van der Waals surface area contributed by atoms with Crippen molar-refractivity contribution >= 4 is 23.4 Å².